The first-order valence-electron chi connectivity index (χ1n) is 6.35. The van der Waals surface area contributed by atoms with Gasteiger partial charge in [0, 0.05) is 4.91 Å². The van der Waals surface area contributed by atoms with E-state index in [1.807, 2.05) is 12.1 Å². The van der Waals surface area contributed by atoms with Crippen LogP contribution in [0.15, 0.2) is 27.9 Å². The molecular formula is C13H19N3O2. The van der Waals surface area contributed by atoms with Crippen molar-refractivity contribution in [2.75, 3.05) is 6.54 Å². The fourth-order valence-electron chi connectivity index (χ4n) is 2.63. The highest BCUT2D eigenvalue weighted by atomic mass is 16.5. The molecule has 0 aliphatic carbocycles. The average Bonchev–Trinajstić information content (AvgIpc) is 2.89. The zero-order chi connectivity index (χ0) is 13.1. The van der Waals surface area contributed by atoms with E-state index < -0.39 is 0 Å². The van der Waals surface area contributed by atoms with Crippen LogP contribution in [0, 0.1) is 17.8 Å². The highest BCUT2D eigenvalue weighted by Gasteiger charge is 2.40. The number of furan rings is 1. The Hall–Kier alpha value is -1.45. The van der Waals surface area contributed by atoms with E-state index in [2.05, 4.69) is 30.8 Å². The van der Waals surface area contributed by atoms with E-state index in [9.17, 15) is 0 Å². The minimum atomic E-state index is -0.0508. The first kappa shape index (κ1) is 13.0. The van der Waals surface area contributed by atoms with E-state index in [1.54, 1.807) is 6.26 Å². The number of rotatable bonds is 3. The molecule has 0 amide bonds. The van der Waals surface area contributed by atoms with Gasteiger partial charge in [-0.15, -0.1) is 0 Å². The van der Waals surface area contributed by atoms with Gasteiger partial charge in [0.05, 0.1) is 18.9 Å². The molecule has 1 aliphatic heterocycles. The molecule has 1 aromatic heterocycles. The summed E-state index contributed by atoms with van der Waals surface area (Å²) in [5.41, 5.74) is 8.44. The second kappa shape index (κ2) is 5.46. The third kappa shape index (κ3) is 2.37. The van der Waals surface area contributed by atoms with Crippen LogP contribution in [0.5, 0.6) is 0 Å². The molecule has 98 valence electrons. The third-order valence-corrected chi connectivity index (χ3v) is 4.19. The van der Waals surface area contributed by atoms with Crippen LogP contribution in [0.1, 0.15) is 32.6 Å². The Kier molecular flexibility index (Phi) is 3.94. The van der Waals surface area contributed by atoms with Crippen molar-refractivity contribution in [1.82, 2.24) is 0 Å². The lowest BCUT2D eigenvalue weighted by Crippen LogP contribution is -2.41. The summed E-state index contributed by atoms with van der Waals surface area (Å²) in [6.07, 6.45) is 1.57. The van der Waals surface area contributed by atoms with Crippen molar-refractivity contribution in [3.63, 3.8) is 0 Å². The van der Waals surface area contributed by atoms with Crippen molar-refractivity contribution < 1.29 is 9.15 Å². The Bertz CT molecular complexity index is 425. The summed E-state index contributed by atoms with van der Waals surface area (Å²) in [4.78, 5) is 2.82. The Balaban J connectivity index is 2.18. The zero-order valence-corrected chi connectivity index (χ0v) is 11.0. The molecule has 0 spiro atoms. The summed E-state index contributed by atoms with van der Waals surface area (Å²) in [7, 11) is 0. The van der Waals surface area contributed by atoms with Crippen LogP contribution in [0.3, 0.4) is 0 Å². The first-order valence-corrected chi connectivity index (χ1v) is 6.35. The van der Waals surface area contributed by atoms with Crippen LogP contribution < -0.4 is 0 Å². The lowest BCUT2D eigenvalue weighted by atomic mass is 9.76. The highest BCUT2D eigenvalue weighted by Crippen LogP contribution is 2.42. The molecule has 1 aliphatic rings. The van der Waals surface area contributed by atoms with E-state index in [-0.39, 0.29) is 12.2 Å². The lowest BCUT2D eigenvalue weighted by molar-refractivity contribution is -0.138. The van der Waals surface area contributed by atoms with Crippen LogP contribution in [0.25, 0.3) is 10.4 Å². The van der Waals surface area contributed by atoms with Crippen LogP contribution in [0.2, 0.25) is 0 Å². The van der Waals surface area contributed by atoms with E-state index in [0.717, 1.165) is 5.76 Å². The second-order valence-corrected chi connectivity index (χ2v) is 5.10. The van der Waals surface area contributed by atoms with Gasteiger partial charge in [-0.1, -0.05) is 25.9 Å². The fourth-order valence-corrected chi connectivity index (χ4v) is 2.63. The molecule has 5 atom stereocenters. The number of nitrogens with zero attached hydrogens (tertiary/aromatic N) is 3. The molecule has 1 fully saturated rings. The summed E-state index contributed by atoms with van der Waals surface area (Å²) >= 11 is 0. The smallest absolute Gasteiger partial charge is 0.132 e. The van der Waals surface area contributed by atoms with E-state index in [1.165, 1.54) is 0 Å². The summed E-state index contributed by atoms with van der Waals surface area (Å²) in [5, 5.41) is 3.65. The predicted molar refractivity (Wildman–Crippen MR) is 67.8 cm³/mol. The third-order valence-electron chi connectivity index (χ3n) is 4.19. The Morgan fingerprint density at radius 1 is 1.28 bits per heavy atom. The molecule has 0 radical (unpaired) electrons. The SMILES string of the molecule is C[C@@H]1[C@@H](C)[C@@H](c2ccco2)O[C@H](CN=[N+]=[N-])[C@H]1C. The van der Waals surface area contributed by atoms with Gasteiger partial charge >= 0.3 is 0 Å². The van der Waals surface area contributed by atoms with E-state index in [0.29, 0.717) is 24.3 Å². The van der Waals surface area contributed by atoms with Crippen molar-refractivity contribution in [2.45, 2.75) is 33.0 Å². The highest BCUT2D eigenvalue weighted by molar-refractivity contribution is 5.06. The maximum Gasteiger partial charge on any atom is 0.132 e. The Morgan fingerprint density at radius 3 is 2.67 bits per heavy atom. The quantitative estimate of drug-likeness (QED) is 0.462. The van der Waals surface area contributed by atoms with Crippen molar-refractivity contribution in [1.29, 1.82) is 0 Å². The van der Waals surface area contributed by atoms with Crippen molar-refractivity contribution in [2.24, 2.45) is 22.9 Å². The van der Waals surface area contributed by atoms with Crippen molar-refractivity contribution in [3.05, 3.63) is 34.6 Å². The molecular weight excluding hydrogens is 230 g/mol. The predicted octanol–water partition coefficient (Wildman–Crippen LogP) is 3.94. The number of hydrogen-bond acceptors (Lipinski definition) is 3. The van der Waals surface area contributed by atoms with Crippen molar-refractivity contribution >= 4 is 0 Å². The molecule has 0 N–H and O–H groups in total. The first-order chi connectivity index (χ1) is 8.65. The van der Waals surface area contributed by atoms with Crippen LogP contribution >= 0.6 is 0 Å². The van der Waals surface area contributed by atoms with Gasteiger partial charge in [-0.25, -0.2) is 0 Å². The van der Waals surface area contributed by atoms with Gasteiger partial charge in [-0.3, -0.25) is 0 Å². The Labute approximate surface area is 107 Å². The van der Waals surface area contributed by atoms with Gasteiger partial charge in [-0.2, -0.15) is 0 Å². The van der Waals surface area contributed by atoms with Gasteiger partial charge in [0.2, 0.25) is 0 Å². The summed E-state index contributed by atoms with van der Waals surface area (Å²) in [6.45, 7) is 6.93. The van der Waals surface area contributed by atoms with Gasteiger partial charge in [0.15, 0.2) is 0 Å². The molecule has 5 nitrogen and oxygen atoms in total. The minimum absolute atomic E-state index is 0.0396. The average molecular weight is 249 g/mol. The van der Waals surface area contributed by atoms with E-state index in [4.69, 9.17) is 14.7 Å². The maximum absolute atomic E-state index is 8.44. The zero-order valence-electron chi connectivity index (χ0n) is 11.0. The minimum Gasteiger partial charge on any atom is -0.467 e. The molecule has 2 rings (SSSR count). The molecule has 0 bridgehead atoms. The number of azide groups is 1. The molecule has 5 heteroatoms. The standard InChI is InChI=1S/C13H19N3O2/c1-8-9(2)12(7-15-16-14)18-13(10(8)3)11-5-4-6-17-11/h4-6,8-10,12-13H,7H2,1-3H3/t8-,9-,10+,12+,13-/m0/s1. The lowest BCUT2D eigenvalue weighted by Gasteiger charge is -2.42. The van der Waals surface area contributed by atoms with Gasteiger partial charge < -0.3 is 9.15 Å². The maximum atomic E-state index is 8.44. The fraction of sp³-hybridized carbons (Fsp3) is 0.692. The normalized spacial score (nSPS) is 36.1. The molecule has 0 saturated carbocycles. The van der Waals surface area contributed by atoms with Crippen LogP contribution in [-0.4, -0.2) is 12.6 Å². The molecule has 2 heterocycles. The monoisotopic (exact) mass is 249 g/mol. The number of ether oxygens (including phenoxy) is 1. The second-order valence-electron chi connectivity index (χ2n) is 5.10. The van der Waals surface area contributed by atoms with Crippen LogP contribution in [0.4, 0.5) is 0 Å². The summed E-state index contributed by atoms with van der Waals surface area (Å²) in [6, 6.07) is 3.81. The summed E-state index contributed by atoms with van der Waals surface area (Å²) < 4.78 is 11.5. The van der Waals surface area contributed by atoms with Crippen molar-refractivity contribution in [3.8, 4) is 0 Å². The molecule has 1 aromatic rings. The van der Waals surface area contributed by atoms with E-state index >= 15 is 0 Å². The Morgan fingerprint density at radius 2 is 2.06 bits per heavy atom. The molecule has 1 saturated heterocycles. The molecule has 0 aromatic carbocycles. The number of hydrogen-bond donors (Lipinski definition) is 0. The molecule has 18 heavy (non-hydrogen) atoms. The topological polar surface area (TPSA) is 71.1 Å². The molecule has 0 unspecified atom stereocenters. The van der Waals surface area contributed by atoms with Gasteiger partial charge in [-0.05, 0) is 35.4 Å². The van der Waals surface area contributed by atoms with Crippen LogP contribution in [-0.2, 0) is 4.74 Å². The van der Waals surface area contributed by atoms with Gasteiger partial charge in [0.25, 0.3) is 0 Å². The summed E-state index contributed by atoms with van der Waals surface area (Å²) in [5.74, 6) is 2.10. The van der Waals surface area contributed by atoms with Gasteiger partial charge in [0.1, 0.15) is 11.9 Å². The largest absolute Gasteiger partial charge is 0.467 e.